The SMILES string of the molecule is CCc1ccc(F)cc1C1CC(F)(CC)CN1. The molecule has 1 nitrogen and oxygen atoms in total. The zero-order valence-electron chi connectivity index (χ0n) is 10.4. The molecular formula is C14H19F2N. The quantitative estimate of drug-likeness (QED) is 0.850. The molecule has 1 heterocycles. The van der Waals surface area contributed by atoms with Gasteiger partial charge in [0.2, 0.25) is 0 Å². The second-order valence-electron chi connectivity index (χ2n) is 4.84. The van der Waals surface area contributed by atoms with Crippen molar-refractivity contribution in [2.75, 3.05) is 6.54 Å². The maximum atomic E-state index is 14.2. The van der Waals surface area contributed by atoms with Gasteiger partial charge >= 0.3 is 0 Å². The molecule has 94 valence electrons. The lowest BCUT2D eigenvalue weighted by atomic mass is 9.92. The number of alkyl halides is 1. The zero-order chi connectivity index (χ0) is 12.5. The van der Waals surface area contributed by atoms with Crippen LogP contribution in [0.3, 0.4) is 0 Å². The van der Waals surface area contributed by atoms with Gasteiger partial charge in [-0.25, -0.2) is 8.78 Å². The number of benzene rings is 1. The largest absolute Gasteiger partial charge is 0.307 e. The van der Waals surface area contributed by atoms with Gasteiger partial charge in [-0.05, 0) is 36.1 Å². The molecule has 1 aliphatic heterocycles. The smallest absolute Gasteiger partial charge is 0.125 e. The van der Waals surface area contributed by atoms with Crippen molar-refractivity contribution in [2.45, 2.75) is 44.8 Å². The molecule has 0 bridgehead atoms. The second-order valence-corrected chi connectivity index (χ2v) is 4.84. The van der Waals surface area contributed by atoms with Gasteiger partial charge in [-0.3, -0.25) is 0 Å². The predicted octanol–water partition coefficient (Wildman–Crippen LogP) is 3.54. The van der Waals surface area contributed by atoms with Crippen LogP contribution in [-0.4, -0.2) is 12.2 Å². The summed E-state index contributed by atoms with van der Waals surface area (Å²) < 4.78 is 27.4. The lowest BCUT2D eigenvalue weighted by Crippen LogP contribution is -2.24. The number of nitrogens with one attached hydrogen (secondary N) is 1. The lowest BCUT2D eigenvalue weighted by molar-refractivity contribution is 0.180. The molecule has 1 N–H and O–H groups in total. The zero-order valence-corrected chi connectivity index (χ0v) is 10.4. The van der Waals surface area contributed by atoms with Gasteiger partial charge in [0.1, 0.15) is 11.5 Å². The molecule has 3 heteroatoms. The van der Waals surface area contributed by atoms with Crippen LogP contribution in [0.5, 0.6) is 0 Å². The van der Waals surface area contributed by atoms with E-state index in [4.69, 9.17) is 0 Å². The van der Waals surface area contributed by atoms with Crippen molar-refractivity contribution in [1.82, 2.24) is 5.32 Å². The summed E-state index contributed by atoms with van der Waals surface area (Å²) in [6.45, 7) is 4.26. The summed E-state index contributed by atoms with van der Waals surface area (Å²) >= 11 is 0. The molecule has 17 heavy (non-hydrogen) atoms. The standard InChI is InChI=1S/C14H19F2N/c1-3-10-5-6-11(15)7-12(10)13-8-14(16,4-2)9-17-13/h5-7,13,17H,3-4,8-9H2,1-2H3. The average Bonchev–Trinajstić information content (AvgIpc) is 2.73. The van der Waals surface area contributed by atoms with Crippen molar-refractivity contribution in [3.05, 3.63) is 35.1 Å². The lowest BCUT2D eigenvalue weighted by Gasteiger charge is -2.17. The molecule has 0 aliphatic carbocycles. The highest BCUT2D eigenvalue weighted by Gasteiger charge is 2.38. The maximum Gasteiger partial charge on any atom is 0.125 e. The Morgan fingerprint density at radius 2 is 2.18 bits per heavy atom. The van der Waals surface area contributed by atoms with Gasteiger partial charge in [-0.15, -0.1) is 0 Å². The molecule has 2 atom stereocenters. The average molecular weight is 239 g/mol. The van der Waals surface area contributed by atoms with E-state index in [0.717, 1.165) is 17.5 Å². The minimum Gasteiger partial charge on any atom is -0.307 e. The number of hydrogen-bond donors (Lipinski definition) is 1. The first-order valence-corrected chi connectivity index (χ1v) is 6.28. The van der Waals surface area contributed by atoms with Crippen LogP contribution in [0.4, 0.5) is 8.78 Å². The molecule has 1 aromatic carbocycles. The Balaban J connectivity index is 2.26. The topological polar surface area (TPSA) is 12.0 Å². The van der Waals surface area contributed by atoms with Crippen molar-refractivity contribution in [1.29, 1.82) is 0 Å². The van der Waals surface area contributed by atoms with Gasteiger partial charge < -0.3 is 5.32 Å². The first-order valence-electron chi connectivity index (χ1n) is 6.28. The summed E-state index contributed by atoms with van der Waals surface area (Å²) in [6.07, 6.45) is 1.80. The number of rotatable bonds is 3. The van der Waals surface area contributed by atoms with E-state index in [2.05, 4.69) is 5.32 Å². The fourth-order valence-electron chi connectivity index (χ4n) is 2.52. The van der Waals surface area contributed by atoms with Gasteiger partial charge in [0, 0.05) is 19.0 Å². The molecule has 0 radical (unpaired) electrons. The van der Waals surface area contributed by atoms with Crippen molar-refractivity contribution in [3.63, 3.8) is 0 Å². The van der Waals surface area contributed by atoms with Crippen LogP contribution in [0, 0.1) is 5.82 Å². The minimum atomic E-state index is -1.14. The van der Waals surface area contributed by atoms with E-state index >= 15 is 0 Å². The van der Waals surface area contributed by atoms with E-state index in [1.165, 1.54) is 12.1 Å². The van der Waals surface area contributed by atoms with Gasteiger partial charge in [0.05, 0.1) is 0 Å². The Morgan fingerprint density at radius 1 is 1.41 bits per heavy atom. The van der Waals surface area contributed by atoms with Crippen LogP contribution in [0.2, 0.25) is 0 Å². The number of aryl methyl sites for hydroxylation is 1. The third-order valence-corrected chi connectivity index (χ3v) is 3.73. The Kier molecular flexibility index (Phi) is 3.48. The molecule has 2 rings (SSSR count). The maximum absolute atomic E-state index is 14.2. The van der Waals surface area contributed by atoms with Crippen molar-refractivity contribution in [2.24, 2.45) is 0 Å². The van der Waals surface area contributed by atoms with Crippen LogP contribution >= 0.6 is 0 Å². The first kappa shape index (κ1) is 12.5. The van der Waals surface area contributed by atoms with Gasteiger partial charge in [-0.1, -0.05) is 19.9 Å². The van der Waals surface area contributed by atoms with Crippen molar-refractivity contribution < 1.29 is 8.78 Å². The Morgan fingerprint density at radius 3 is 2.76 bits per heavy atom. The van der Waals surface area contributed by atoms with Crippen LogP contribution in [0.1, 0.15) is 43.9 Å². The highest BCUT2D eigenvalue weighted by molar-refractivity contribution is 5.32. The minimum absolute atomic E-state index is 0.0504. The van der Waals surface area contributed by atoms with Crippen LogP contribution in [0.15, 0.2) is 18.2 Å². The highest BCUT2D eigenvalue weighted by atomic mass is 19.1. The van der Waals surface area contributed by atoms with Crippen LogP contribution in [0.25, 0.3) is 0 Å². The molecule has 0 aromatic heterocycles. The van der Waals surface area contributed by atoms with Gasteiger partial charge in [0.25, 0.3) is 0 Å². The van der Waals surface area contributed by atoms with Crippen molar-refractivity contribution >= 4 is 0 Å². The van der Waals surface area contributed by atoms with E-state index in [1.807, 2.05) is 13.8 Å². The second kappa shape index (κ2) is 4.73. The third kappa shape index (κ3) is 2.49. The predicted molar refractivity (Wildman–Crippen MR) is 65.3 cm³/mol. The number of halogens is 2. The van der Waals surface area contributed by atoms with Gasteiger partial charge in [-0.2, -0.15) is 0 Å². The molecule has 0 amide bonds. The molecule has 2 unspecified atom stereocenters. The molecule has 0 saturated carbocycles. The Labute approximate surface area is 101 Å². The van der Waals surface area contributed by atoms with Crippen molar-refractivity contribution in [3.8, 4) is 0 Å². The third-order valence-electron chi connectivity index (χ3n) is 3.73. The Hall–Kier alpha value is -0.960. The monoisotopic (exact) mass is 239 g/mol. The first-order chi connectivity index (χ1) is 8.08. The summed E-state index contributed by atoms with van der Waals surface area (Å²) in [4.78, 5) is 0. The molecule has 1 aliphatic rings. The molecular weight excluding hydrogens is 220 g/mol. The highest BCUT2D eigenvalue weighted by Crippen LogP contribution is 2.36. The summed E-state index contributed by atoms with van der Waals surface area (Å²) in [6, 6.07) is 4.76. The van der Waals surface area contributed by atoms with E-state index in [-0.39, 0.29) is 11.9 Å². The van der Waals surface area contributed by atoms with E-state index in [0.29, 0.717) is 19.4 Å². The summed E-state index contributed by atoms with van der Waals surface area (Å²) in [7, 11) is 0. The fourth-order valence-corrected chi connectivity index (χ4v) is 2.52. The van der Waals surface area contributed by atoms with Crippen LogP contribution < -0.4 is 5.32 Å². The van der Waals surface area contributed by atoms with E-state index < -0.39 is 5.67 Å². The molecule has 1 fully saturated rings. The molecule has 1 aromatic rings. The molecule has 0 spiro atoms. The summed E-state index contributed by atoms with van der Waals surface area (Å²) in [5.74, 6) is -0.244. The normalized spacial score (nSPS) is 28.6. The summed E-state index contributed by atoms with van der Waals surface area (Å²) in [5, 5.41) is 3.17. The fraction of sp³-hybridized carbons (Fsp3) is 0.571. The number of hydrogen-bond acceptors (Lipinski definition) is 1. The van der Waals surface area contributed by atoms with Gasteiger partial charge in [0.15, 0.2) is 0 Å². The van der Waals surface area contributed by atoms with E-state index in [9.17, 15) is 8.78 Å². The molecule has 1 saturated heterocycles. The summed E-state index contributed by atoms with van der Waals surface area (Å²) in [5.41, 5.74) is 0.881. The Bertz CT molecular complexity index is 405. The van der Waals surface area contributed by atoms with Crippen LogP contribution in [-0.2, 0) is 6.42 Å². The van der Waals surface area contributed by atoms with E-state index in [1.54, 1.807) is 6.07 Å².